The number of hydrogen-bond donors (Lipinski definition) is 1. The molecule has 1 amide bonds. The molecule has 0 radical (unpaired) electrons. The van der Waals surface area contributed by atoms with Gasteiger partial charge in [0.2, 0.25) is 5.91 Å². The number of phenols is 1. The molecule has 1 atom stereocenters. The van der Waals surface area contributed by atoms with Crippen molar-refractivity contribution in [2.24, 2.45) is 0 Å². The number of para-hydroxylation sites is 2. The molecule has 0 spiro atoms. The van der Waals surface area contributed by atoms with Gasteiger partial charge in [-0.05, 0) is 46.8 Å². The molecule has 1 heterocycles. The van der Waals surface area contributed by atoms with E-state index in [9.17, 15) is 9.90 Å². The lowest BCUT2D eigenvalue weighted by molar-refractivity contribution is -0.140. The van der Waals surface area contributed by atoms with Gasteiger partial charge in [-0.1, -0.05) is 12.1 Å². The molecule has 1 aromatic rings. The van der Waals surface area contributed by atoms with E-state index in [1.165, 1.54) is 0 Å². The van der Waals surface area contributed by atoms with Crippen molar-refractivity contribution in [3.63, 3.8) is 0 Å². The molecule has 1 fully saturated rings. The molecule has 0 aromatic heterocycles. The van der Waals surface area contributed by atoms with E-state index in [2.05, 4.69) is 37.5 Å². The smallest absolute Gasteiger partial charge is 0.240 e. The molecule has 5 nitrogen and oxygen atoms in total. The summed E-state index contributed by atoms with van der Waals surface area (Å²) in [5, 5.41) is 10.0. The summed E-state index contributed by atoms with van der Waals surface area (Å²) in [5.41, 5.74) is 0.877. The number of rotatable bonds is 5. The Morgan fingerprint density at radius 1 is 1.00 bits per heavy atom. The van der Waals surface area contributed by atoms with Crippen LogP contribution in [-0.2, 0) is 4.79 Å². The number of benzene rings is 1. The van der Waals surface area contributed by atoms with Gasteiger partial charge >= 0.3 is 0 Å². The first-order valence-electron chi connectivity index (χ1n) is 8.92. The minimum atomic E-state index is -0.110. The normalized spacial score (nSPS) is 17.4. The van der Waals surface area contributed by atoms with Crippen molar-refractivity contribution in [3.05, 3.63) is 24.3 Å². The lowest BCUT2D eigenvalue weighted by Crippen LogP contribution is -2.56. The Morgan fingerprint density at radius 2 is 1.54 bits per heavy atom. The molecule has 2 rings (SSSR count). The molecule has 0 saturated carbocycles. The maximum Gasteiger partial charge on any atom is 0.240 e. The molecular formula is C19H31N3O2. The number of amides is 1. The maximum atomic E-state index is 12.9. The van der Waals surface area contributed by atoms with Gasteiger partial charge in [0.05, 0.1) is 11.7 Å². The SMILES string of the molecule is CC(C)N(C(=O)[C@H](C)N1CCN(c2ccccc2O)CC1)C(C)C. The van der Waals surface area contributed by atoms with E-state index >= 15 is 0 Å². The Hall–Kier alpha value is -1.75. The third-order valence-electron chi connectivity index (χ3n) is 4.81. The molecule has 0 unspecified atom stereocenters. The third kappa shape index (κ3) is 4.01. The molecular weight excluding hydrogens is 302 g/mol. The van der Waals surface area contributed by atoms with Crippen molar-refractivity contribution in [1.82, 2.24) is 9.80 Å². The number of carbonyl (C=O) groups excluding carboxylic acids is 1. The van der Waals surface area contributed by atoms with Gasteiger partial charge in [-0.15, -0.1) is 0 Å². The van der Waals surface area contributed by atoms with Crippen LogP contribution in [0.25, 0.3) is 0 Å². The monoisotopic (exact) mass is 333 g/mol. The van der Waals surface area contributed by atoms with E-state index in [1.54, 1.807) is 6.07 Å². The molecule has 1 saturated heterocycles. The zero-order chi connectivity index (χ0) is 17.9. The molecule has 134 valence electrons. The quantitative estimate of drug-likeness (QED) is 0.899. The highest BCUT2D eigenvalue weighted by Gasteiger charge is 2.31. The van der Waals surface area contributed by atoms with Crippen LogP contribution < -0.4 is 4.90 Å². The van der Waals surface area contributed by atoms with E-state index in [1.807, 2.05) is 30.0 Å². The lowest BCUT2D eigenvalue weighted by Gasteiger charge is -2.41. The van der Waals surface area contributed by atoms with Gasteiger partial charge in [-0.2, -0.15) is 0 Å². The van der Waals surface area contributed by atoms with Crippen LogP contribution in [0.3, 0.4) is 0 Å². The van der Waals surface area contributed by atoms with E-state index in [4.69, 9.17) is 0 Å². The summed E-state index contributed by atoms with van der Waals surface area (Å²) in [7, 11) is 0. The standard InChI is InChI=1S/C19H31N3O2/c1-14(2)22(15(3)4)19(24)16(5)20-10-12-21(13-11-20)17-8-6-7-9-18(17)23/h6-9,14-16,23H,10-13H2,1-5H3/t16-/m0/s1. The lowest BCUT2D eigenvalue weighted by atomic mass is 10.1. The first-order valence-corrected chi connectivity index (χ1v) is 8.92. The highest BCUT2D eigenvalue weighted by atomic mass is 16.3. The van der Waals surface area contributed by atoms with E-state index in [-0.39, 0.29) is 24.0 Å². The van der Waals surface area contributed by atoms with Gasteiger partial charge in [0.25, 0.3) is 0 Å². The summed E-state index contributed by atoms with van der Waals surface area (Å²) in [6, 6.07) is 7.75. The molecule has 5 heteroatoms. The highest BCUT2D eigenvalue weighted by molar-refractivity contribution is 5.82. The average molecular weight is 333 g/mol. The van der Waals surface area contributed by atoms with Crippen molar-refractivity contribution in [2.45, 2.75) is 52.7 Å². The van der Waals surface area contributed by atoms with Gasteiger partial charge in [-0.25, -0.2) is 0 Å². The predicted octanol–water partition coefficient (Wildman–Crippen LogP) is 2.55. The number of phenolic OH excluding ortho intramolecular Hbond substituents is 1. The number of piperazine rings is 1. The van der Waals surface area contributed by atoms with Gasteiger partial charge in [0, 0.05) is 38.3 Å². The minimum absolute atomic E-state index is 0.110. The van der Waals surface area contributed by atoms with Crippen LogP contribution >= 0.6 is 0 Å². The molecule has 1 aromatic carbocycles. The number of hydrogen-bond acceptors (Lipinski definition) is 4. The van der Waals surface area contributed by atoms with Crippen molar-refractivity contribution in [3.8, 4) is 5.75 Å². The summed E-state index contributed by atoms with van der Waals surface area (Å²) in [6.07, 6.45) is 0. The fourth-order valence-corrected chi connectivity index (χ4v) is 3.56. The summed E-state index contributed by atoms with van der Waals surface area (Å²) in [4.78, 5) is 19.3. The van der Waals surface area contributed by atoms with Crippen molar-refractivity contribution >= 4 is 11.6 Å². The third-order valence-corrected chi connectivity index (χ3v) is 4.81. The highest BCUT2D eigenvalue weighted by Crippen LogP contribution is 2.27. The summed E-state index contributed by atoms with van der Waals surface area (Å²) >= 11 is 0. The Kier molecular flexibility index (Phi) is 6.10. The number of aromatic hydroxyl groups is 1. The second-order valence-electron chi connectivity index (χ2n) is 7.12. The number of anilines is 1. The Morgan fingerprint density at radius 3 is 2.04 bits per heavy atom. The van der Waals surface area contributed by atoms with Crippen LogP contribution in [0.5, 0.6) is 5.75 Å². The second-order valence-corrected chi connectivity index (χ2v) is 7.12. The zero-order valence-corrected chi connectivity index (χ0v) is 15.6. The van der Waals surface area contributed by atoms with Crippen LogP contribution in [0.4, 0.5) is 5.69 Å². The van der Waals surface area contributed by atoms with Crippen LogP contribution in [0.2, 0.25) is 0 Å². The van der Waals surface area contributed by atoms with Gasteiger partial charge in [-0.3, -0.25) is 9.69 Å². The van der Waals surface area contributed by atoms with Crippen LogP contribution in [0.1, 0.15) is 34.6 Å². The zero-order valence-electron chi connectivity index (χ0n) is 15.6. The van der Waals surface area contributed by atoms with Crippen LogP contribution in [-0.4, -0.2) is 65.1 Å². The molecule has 0 bridgehead atoms. The number of carbonyl (C=O) groups is 1. The number of nitrogens with zero attached hydrogens (tertiary/aromatic N) is 3. The minimum Gasteiger partial charge on any atom is -0.506 e. The Bertz CT molecular complexity index is 543. The van der Waals surface area contributed by atoms with Crippen molar-refractivity contribution in [2.75, 3.05) is 31.1 Å². The average Bonchev–Trinajstić information content (AvgIpc) is 2.54. The van der Waals surface area contributed by atoms with Gasteiger partial charge in [0.1, 0.15) is 5.75 Å². The molecule has 1 aliphatic rings. The largest absolute Gasteiger partial charge is 0.506 e. The van der Waals surface area contributed by atoms with Crippen molar-refractivity contribution in [1.29, 1.82) is 0 Å². The van der Waals surface area contributed by atoms with Crippen LogP contribution in [0.15, 0.2) is 24.3 Å². The summed E-state index contributed by atoms with van der Waals surface area (Å²) < 4.78 is 0. The summed E-state index contributed by atoms with van der Waals surface area (Å²) in [6.45, 7) is 13.6. The molecule has 1 N–H and O–H groups in total. The topological polar surface area (TPSA) is 47.0 Å². The maximum absolute atomic E-state index is 12.9. The molecule has 0 aliphatic carbocycles. The Labute approximate surface area is 145 Å². The van der Waals surface area contributed by atoms with Crippen molar-refractivity contribution < 1.29 is 9.90 Å². The van der Waals surface area contributed by atoms with E-state index in [0.29, 0.717) is 5.75 Å². The molecule has 1 aliphatic heterocycles. The van der Waals surface area contributed by atoms with E-state index < -0.39 is 0 Å². The molecule has 24 heavy (non-hydrogen) atoms. The Balaban J connectivity index is 1.98. The first-order chi connectivity index (χ1) is 11.3. The van der Waals surface area contributed by atoms with Gasteiger partial charge < -0.3 is 14.9 Å². The predicted molar refractivity (Wildman–Crippen MR) is 98.5 cm³/mol. The van der Waals surface area contributed by atoms with E-state index in [0.717, 1.165) is 31.9 Å². The second kappa shape index (κ2) is 7.88. The first kappa shape index (κ1) is 18.6. The van der Waals surface area contributed by atoms with Crippen LogP contribution in [0, 0.1) is 0 Å². The van der Waals surface area contributed by atoms with Gasteiger partial charge in [0.15, 0.2) is 0 Å². The fraction of sp³-hybridized carbons (Fsp3) is 0.632. The summed E-state index contributed by atoms with van der Waals surface area (Å²) in [5.74, 6) is 0.525. The fourth-order valence-electron chi connectivity index (χ4n) is 3.56.